The van der Waals surface area contributed by atoms with Gasteiger partial charge in [0.25, 0.3) is 0 Å². The Bertz CT molecular complexity index is 2070. The number of hydrogen-bond acceptors (Lipinski definition) is 14. The highest BCUT2D eigenvalue weighted by atomic mass is 32.2. The number of esters is 3. The summed E-state index contributed by atoms with van der Waals surface area (Å²) in [7, 11) is -6.08. The van der Waals surface area contributed by atoms with E-state index in [1.54, 1.807) is 0 Å². The van der Waals surface area contributed by atoms with Crippen molar-refractivity contribution >= 4 is 28.0 Å². The first-order valence-electron chi connectivity index (χ1n) is 25.7. The molecule has 26 heteroatoms. The van der Waals surface area contributed by atoms with Gasteiger partial charge in [-0.05, 0) is 120 Å². The van der Waals surface area contributed by atoms with Crippen LogP contribution < -0.4 is 0 Å². The number of halogens is 10. The molecule has 0 aromatic carbocycles. The Hall–Kier alpha value is -2.62. The molecule has 3 aliphatic heterocycles. The Labute approximate surface area is 421 Å². The Kier molecular flexibility index (Phi) is 15.3. The van der Waals surface area contributed by atoms with Crippen LogP contribution in [0.4, 0.5) is 43.9 Å². The zero-order valence-electron chi connectivity index (χ0n) is 40.6. The molecular formula is C48H64F10O15S. The van der Waals surface area contributed by atoms with E-state index in [0.717, 1.165) is 0 Å². The first kappa shape index (κ1) is 56.1. The standard InChI is InChI=1S/C48H64F10O15S/c49-44(50)24-66-35(67-25-45(44,51)52)32-12-28-4-1-8-40(15-28,17-32)37(59)70-22-43(23-71-38(60)41-9-2-5-29(16-41)13-33(18-41)36-68-26-46(53,54)47(55,56)27-69-36)21-65-34(20-72-43)14-30-7-11-42(10-3-6-31(30)19-42)73-39(61)48(57,58)74(62,63)64/h28-36H,1-27H2,(H,62,63,64). The fraction of sp³-hybridized carbons (Fsp3) is 0.938. The van der Waals surface area contributed by atoms with Crippen LogP contribution in [0.2, 0.25) is 0 Å². The summed E-state index contributed by atoms with van der Waals surface area (Å²) < 4.78 is 225. The van der Waals surface area contributed by atoms with Crippen molar-refractivity contribution in [1.82, 2.24) is 0 Å². The van der Waals surface area contributed by atoms with Crippen molar-refractivity contribution in [2.24, 2.45) is 46.3 Å². The molecule has 0 amide bonds. The van der Waals surface area contributed by atoms with Crippen LogP contribution in [0.25, 0.3) is 0 Å². The lowest BCUT2D eigenvalue weighted by Gasteiger charge is -2.49. The summed E-state index contributed by atoms with van der Waals surface area (Å²) in [6, 6.07) is 0. The molecule has 1 N–H and O–H groups in total. The van der Waals surface area contributed by atoms with Gasteiger partial charge >= 0.3 is 57.0 Å². The third kappa shape index (κ3) is 11.0. The second-order valence-electron chi connectivity index (χ2n) is 23.2. The Morgan fingerprint density at radius 3 is 1.50 bits per heavy atom. The normalized spacial score (nSPS) is 40.4. The molecule has 0 aromatic heterocycles. The predicted octanol–water partition coefficient (Wildman–Crippen LogP) is 8.44. The summed E-state index contributed by atoms with van der Waals surface area (Å²) in [6.07, 6.45) is 3.49. The van der Waals surface area contributed by atoms with Gasteiger partial charge in [0.1, 0.15) is 45.2 Å². The summed E-state index contributed by atoms with van der Waals surface area (Å²) in [6.45, 7) is -7.77. The first-order valence-corrected chi connectivity index (χ1v) is 27.1. The van der Waals surface area contributed by atoms with E-state index in [1.165, 1.54) is 0 Å². The molecule has 15 nitrogen and oxygen atoms in total. The van der Waals surface area contributed by atoms with Crippen LogP contribution in [-0.2, 0) is 67.1 Å². The van der Waals surface area contributed by atoms with Crippen molar-refractivity contribution in [1.29, 1.82) is 0 Å². The van der Waals surface area contributed by atoms with Crippen molar-refractivity contribution in [3.63, 3.8) is 0 Å². The highest BCUT2D eigenvalue weighted by Gasteiger charge is 2.63. The topological polar surface area (TPSA) is 189 Å². The van der Waals surface area contributed by atoms with Crippen LogP contribution in [0.3, 0.4) is 0 Å². The van der Waals surface area contributed by atoms with E-state index < -0.39 is 149 Å². The maximum Gasteiger partial charge on any atom is 0.465 e. The summed E-state index contributed by atoms with van der Waals surface area (Å²) in [5.41, 5.74) is -5.39. The first-order chi connectivity index (χ1) is 34.5. The van der Waals surface area contributed by atoms with Crippen LogP contribution in [0.1, 0.15) is 122 Å². The van der Waals surface area contributed by atoms with Crippen LogP contribution >= 0.6 is 0 Å². The minimum Gasteiger partial charge on any atom is -0.462 e. The molecule has 3 saturated heterocycles. The molecule has 9 fully saturated rings. The summed E-state index contributed by atoms with van der Waals surface area (Å²) in [4.78, 5) is 41.3. The molecular weight excluding hydrogens is 1040 g/mol. The molecule has 6 saturated carbocycles. The van der Waals surface area contributed by atoms with Crippen LogP contribution in [0.15, 0.2) is 0 Å². The molecule has 10 unspecified atom stereocenters. The lowest BCUT2D eigenvalue weighted by atomic mass is 9.58. The lowest BCUT2D eigenvalue weighted by Crippen LogP contribution is -2.56. The predicted molar refractivity (Wildman–Crippen MR) is 230 cm³/mol. The minimum absolute atomic E-state index is 0.0200. The van der Waals surface area contributed by atoms with Crippen molar-refractivity contribution in [2.45, 2.75) is 181 Å². The van der Waals surface area contributed by atoms with E-state index in [0.29, 0.717) is 89.9 Å². The molecule has 74 heavy (non-hydrogen) atoms. The molecule has 9 rings (SSSR count). The third-order valence-electron chi connectivity index (χ3n) is 17.9. The fourth-order valence-corrected chi connectivity index (χ4v) is 14.3. The van der Waals surface area contributed by atoms with Crippen molar-refractivity contribution in [3.05, 3.63) is 0 Å². The summed E-state index contributed by atoms with van der Waals surface area (Å²) in [5, 5.41) is -5.16. The van der Waals surface area contributed by atoms with Gasteiger partial charge in [0.05, 0.1) is 30.1 Å². The van der Waals surface area contributed by atoms with Crippen LogP contribution in [-0.4, -0.2) is 143 Å². The maximum atomic E-state index is 14.5. The SMILES string of the molecule is O=C(OCC1(COC(=O)C23CCCC(CC(C4OCC(F)(F)C(F)(F)CO4)C2)C3)COC(CC2CCC3(OC(=O)C(F)(F)S(=O)(=O)O)CCCC2C3)CO1)C12CCCC(CC(C3OCC(F)(F)C(F)(F)CO3)C1)C2. The number of carbonyl (C=O) groups is 3. The Balaban J connectivity index is 0.888. The van der Waals surface area contributed by atoms with Gasteiger partial charge in [-0.3, -0.25) is 14.1 Å². The minimum atomic E-state index is -6.08. The smallest absolute Gasteiger partial charge is 0.462 e. The van der Waals surface area contributed by atoms with Gasteiger partial charge < -0.3 is 42.6 Å². The molecule has 0 spiro atoms. The molecule has 422 valence electrons. The van der Waals surface area contributed by atoms with Gasteiger partial charge in [-0.25, -0.2) is 4.79 Å². The van der Waals surface area contributed by atoms with Gasteiger partial charge in [-0.2, -0.15) is 52.3 Å². The molecule has 6 aliphatic carbocycles. The Morgan fingerprint density at radius 2 is 1.05 bits per heavy atom. The number of rotatable bonds is 13. The average molecular weight is 1100 g/mol. The van der Waals surface area contributed by atoms with Crippen molar-refractivity contribution < 1.29 is 114 Å². The number of hydrogen-bond donors (Lipinski definition) is 1. The number of alkyl halides is 10. The molecule has 0 aromatic rings. The summed E-state index contributed by atoms with van der Waals surface area (Å²) >= 11 is 0. The molecule has 0 radical (unpaired) electrons. The number of carbonyl (C=O) groups excluding carboxylic acids is 3. The average Bonchev–Trinajstić information content (AvgIpc) is 3.51. The highest BCUT2D eigenvalue weighted by Crippen LogP contribution is 2.56. The monoisotopic (exact) mass is 1100 g/mol. The van der Waals surface area contributed by atoms with Gasteiger partial charge in [0.15, 0.2) is 18.2 Å². The number of fused-ring (bicyclic) bond motifs is 6. The molecule has 3 heterocycles. The highest BCUT2D eigenvalue weighted by molar-refractivity contribution is 7.87. The Morgan fingerprint density at radius 1 is 0.581 bits per heavy atom. The van der Waals surface area contributed by atoms with Gasteiger partial charge in [-0.15, -0.1) is 0 Å². The van der Waals surface area contributed by atoms with Crippen molar-refractivity contribution in [3.8, 4) is 0 Å². The summed E-state index contributed by atoms with van der Waals surface area (Å²) in [5.74, 6) is -23.6. The van der Waals surface area contributed by atoms with E-state index in [1.807, 2.05) is 0 Å². The van der Waals surface area contributed by atoms with Gasteiger partial charge in [0, 0.05) is 11.8 Å². The van der Waals surface area contributed by atoms with E-state index in [-0.39, 0.29) is 69.0 Å². The quantitative estimate of drug-likeness (QED) is 0.0800. The van der Waals surface area contributed by atoms with Crippen molar-refractivity contribution in [2.75, 3.05) is 52.9 Å². The van der Waals surface area contributed by atoms with Gasteiger partial charge in [-0.1, -0.05) is 25.7 Å². The second kappa shape index (κ2) is 20.2. The molecule has 10 atom stereocenters. The largest absolute Gasteiger partial charge is 0.465 e. The number of ether oxygens (including phenoxy) is 9. The third-order valence-corrected chi connectivity index (χ3v) is 18.7. The second-order valence-corrected chi connectivity index (χ2v) is 24.7. The maximum absolute atomic E-state index is 14.5. The lowest BCUT2D eigenvalue weighted by molar-refractivity contribution is -0.240. The zero-order chi connectivity index (χ0) is 53.4. The van der Waals surface area contributed by atoms with Crippen LogP contribution in [0.5, 0.6) is 0 Å². The van der Waals surface area contributed by atoms with Gasteiger partial charge in [0.2, 0.25) is 0 Å². The fourth-order valence-electron chi connectivity index (χ4n) is 14.0. The molecule has 9 aliphatic rings. The van der Waals surface area contributed by atoms with E-state index in [4.69, 9.17) is 47.2 Å². The zero-order valence-corrected chi connectivity index (χ0v) is 41.5. The van der Waals surface area contributed by atoms with E-state index in [9.17, 15) is 66.7 Å². The molecule has 6 bridgehead atoms. The van der Waals surface area contributed by atoms with Crippen LogP contribution in [0, 0.1) is 46.3 Å². The van der Waals surface area contributed by atoms with E-state index >= 15 is 0 Å². The van der Waals surface area contributed by atoms with E-state index in [2.05, 4.69) is 0 Å².